The maximum absolute atomic E-state index is 12.3. The lowest BCUT2D eigenvalue weighted by Crippen LogP contribution is -2.14. The smallest absolute Gasteiger partial charge is 0.167 e. The third-order valence-corrected chi connectivity index (χ3v) is 3.47. The van der Waals surface area contributed by atoms with Crippen LogP contribution in [0.1, 0.15) is 55.5 Å². The molecule has 0 radical (unpaired) electrons. The first-order valence-corrected chi connectivity index (χ1v) is 6.78. The van der Waals surface area contributed by atoms with Crippen molar-refractivity contribution in [2.75, 3.05) is 0 Å². The summed E-state index contributed by atoms with van der Waals surface area (Å²) in [7, 11) is 0. The molecule has 2 heteroatoms. The van der Waals surface area contributed by atoms with Crippen molar-refractivity contribution in [2.45, 2.75) is 46.5 Å². The third kappa shape index (κ3) is 3.85. The number of rotatable bonds is 6. The van der Waals surface area contributed by atoms with Crippen LogP contribution >= 0.6 is 11.6 Å². The molecule has 0 spiro atoms. The molecule has 0 saturated carbocycles. The molecule has 0 saturated heterocycles. The second kappa shape index (κ2) is 6.80. The molecule has 0 aliphatic carbocycles. The average molecular weight is 253 g/mol. The van der Waals surface area contributed by atoms with Gasteiger partial charge in [0, 0.05) is 11.5 Å². The Morgan fingerprint density at radius 1 is 1.35 bits per heavy atom. The minimum atomic E-state index is 0.121. The van der Waals surface area contributed by atoms with E-state index in [0.29, 0.717) is 10.6 Å². The zero-order chi connectivity index (χ0) is 12.8. The van der Waals surface area contributed by atoms with Crippen LogP contribution in [0.15, 0.2) is 18.2 Å². The van der Waals surface area contributed by atoms with Gasteiger partial charge in [-0.15, -0.1) is 0 Å². The molecule has 0 bridgehead atoms. The van der Waals surface area contributed by atoms with Crippen LogP contribution < -0.4 is 0 Å². The van der Waals surface area contributed by atoms with Gasteiger partial charge in [0.25, 0.3) is 0 Å². The molecular weight excluding hydrogens is 232 g/mol. The first-order valence-electron chi connectivity index (χ1n) is 6.40. The molecule has 1 atom stereocenters. The van der Waals surface area contributed by atoms with Gasteiger partial charge in [0.1, 0.15) is 0 Å². The predicted molar refractivity (Wildman–Crippen MR) is 73.8 cm³/mol. The molecule has 0 aliphatic rings. The maximum atomic E-state index is 12.3. The Hall–Kier alpha value is -0.820. The molecule has 0 amide bonds. The zero-order valence-electron chi connectivity index (χ0n) is 10.9. The Balaban J connectivity index is 2.86. The maximum Gasteiger partial charge on any atom is 0.167 e. The van der Waals surface area contributed by atoms with Gasteiger partial charge in [-0.1, -0.05) is 44.4 Å². The van der Waals surface area contributed by atoms with E-state index in [-0.39, 0.29) is 11.7 Å². The number of ketones is 1. The largest absolute Gasteiger partial charge is 0.294 e. The van der Waals surface area contributed by atoms with Crippen LogP contribution in [0.2, 0.25) is 5.02 Å². The van der Waals surface area contributed by atoms with Gasteiger partial charge < -0.3 is 0 Å². The quantitative estimate of drug-likeness (QED) is 0.648. The van der Waals surface area contributed by atoms with Crippen LogP contribution in [0.3, 0.4) is 0 Å². The Labute approximate surface area is 109 Å². The number of carbonyl (C=O) groups is 1. The summed E-state index contributed by atoms with van der Waals surface area (Å²) in [4.78, 5) is 12.3. The Morgan fingerprint density at radius 3 is 2.59 bits per heavy atom. The van der Waals surface area contributed by atoms with Crippen LogP contribution in [-0.2, 0) is 0 Å². The molecule has 0 N–H and O–H groups in total. The normalized spacial score (nSPS) is 12.5. The summed E-state index contributed by atoms with van der Waals surface area (Å²) in [5.41, 5.74) is 1.77. The van der Waals surface area contributed by atoms with Crippen molar-refractivity contribution in [2.24, 2.45) is 5.92 Å². The molecule has 1 unspecified atom stereocenters. The van der Waals surface area contributed by atoms with Gasteiger partial charge in [-0.05, 0) is 37.5 Å². The van der Waals surface area contributed by atoms with Crippen molar-refractivity contribution in [1.29, 1.82) is 0 Å². The monoisotopic (exact) mass is 252 g/mol. The van der Waals surface area contributed by atoms with Crippen molar-refractivity contribution < 1.29 is 4.79 Å². The number of benzene rings is 1. The second-order valence-electron chi connectivity index (χ2n) is 4.59. The number of hydrogen-bond donors (Lipinski definition) is 0. The van der Waals surface area contributed by atoms with Gasteiger partial charge in [0.15, 0.2) is 5.78 Å². The number of hydrogen-bond acceptors (Lipinski definition) is 1. The van der Waals surface area contributed by atoms with E-state index in [1.54, 1.807) is 0 Å². The number of unbranched alkanes of at least 4 members (excludes halogenated alkanes) is 1. The topological polar surface area (TPSA) is 17.1 Å². The van der Waals surface area contributed by atoms with Crippen LogP contribution in [0.5, 0.6) is 0 Å². The lowest BCUT2D eigenvalue weighted by molar-refractivity contribution is 0.0908. The Morgan fingerprint density at radius 2 is 2.06 bits per heavy atom. The van der Waals surface area contributed by atoms with Crippen molar-refractivity contribution in [1.82, 2.24) is 0 Å². The van der Waals surface area contributed by atoms with E-state index in [2.05, 4.69) is 13.8 Å². The highest BCUT2D eigenvalue weighted by Crippen LogP contribution is 2.24. The summed E-state index contributed by atoms with van der Waals surface area (Å²) in [5, 5.41) is 0.588. The van der Waals surface area contributed by atoms with E-state index < -0.39 is 0 Å². The number of Topliss-reactive ketones (excluding diaryl/α,β-unsaturated/α-hetero) is 1. The fraction of sp³-hybridized carbons (Fsp3) is 0.533. The van der Waals surface area contributed by atoms with Crippen LogP contribution in [-0.4, -0.2) is 5.78 Å². The van der Waals surface area contributed by atoms with Gasteiger partial charge in [-0.25, -0.2) is 0 Å². The van der Waals surface area contributed by atoms with Crippen LogP contribution in [0.25, 0.3) is 0 Å². The van der Waals surface area contributed by atoms with Gasteiger partial charge >= 0.3 is 0 Å². The highest BCUT2D eigenvalue weighted by Gasteiger charge is 2.19. The van der Waals surface area contributed by atoms with E-state index in [4.69, 9.17) is 11.6 Å². The molecule has 1 rings (SSSR count). The predicted octanol–water partition coefficient (Wildman–Crippen LogP) is 5.05. The van der Waals surface area contributed by atoms with Gasteiger partial charge in [-0.2, -0.15) is 0 Å². The number of halogens is 1. The zero-order valence-corrected chi connectivity index (χ0v) is 11.7. The fourth-order valence-corrected chi connectivity index (χ4v) is 2.34. The third-order valence-electron chi connectivity index (χ3n) is 3.16. The molecule has 1 nitrogen and oxygen atoms in total. The minimum absolute atomic E-state index is 0.121. The van der Waals surface area contributed by atoms with E-state index in [9.17, 15) is 4.79 Å². The fourth-order valence-electron chi connectivity index (χ4n) is 2.01. The first kappa shape index (κ1) is 14.2. The lowest BCUT2D eigenvalue weighted by atomic mass is 9.90. The molecular formula is C15H21ClO. The molecule has 0 aliphatic heterocycles. The first-order chi connectivity index (χ1) is 8.10. The Kier molecular flexibility index (Phi) is 5.70. The number of carbonyl (C=O) groups excluding carboxylic acids is 1. The molecule has 0 fully saturated rings. The molecule has 0 aromatic heterocycles. The van der Waals surface area contributed by atoms with Crippen molar-refractivity contribution in [3.8, 4) is 0 Å². The Bertz CT molecular complexity index is 385. The lowest BCUT2D eigenvalue weighted by Gasteiger charge is -2.14. The van der Waals surface area contributed by atoms with E-state index >= 15 is 0 Å². The summed E-state index contributed by atoms with van der Waals surface area (Å²) in [6.07, 6.45) is 4.10. The highest BCUT2D eigenvalue weighted by molar-refractivity contribution is 6.34. The summed E-state index contributed by atoms with van der Waals surface area (Å²) in [5.74, 6) is 0.320. The summed E-state index contributed by atoms with van der Waals surface area (Å²) in [6, 6.07) is 5.67. The molecule has 0 heterocycles. The van der Waals surface area contributed by atoms with E-state index in [1.165, 1.54) is 0 Å². The average Bonchev–Trinajstić information content (AvgIpc) is 2.29. The van der Waals surface area contributed by atoms with Crippen molar-refractivity contribution >= 4 is 17.4 Å². The standard InChI is InChI=1S/C15H21ClO/c1-4-6-7-12(5-2)15(17)13-9-8-11(3)10-14(13)16/h8-10,12H,4-7H2,1-3H3. The highest BCUT2D eigenvalue weighted by atomic mass is 35.5. The van der Waals surface area contributed by atoms with Gasteiger partial charge in [-0.3, -0.25) is 4.79 Å². The van der Waals surface area contributed by atoms with Crippen molar-refractivity contribution in [3.05, 3.63) is 34.3 Å². The number of aryl methyl sites for hydroxylation is 1. The van der Waals surface area contributed by atoms with Gasteiger partial charge in [0.05, 0.1) is 5.02 Å². The summed E-state index contributed by atoms with van der Waals surface area (Å²) < 4.78 is 0. The summed E-state index contributed by atoms with van der Waals surface area (Å²) in [6.45, 7) is 6.20. The summed E-state index contributed by atoms with van der Waals surface area (Å²) >= 11 is 6.14. The second-order valence-corrected chi connectivity index (χ2v) is 5.00. The molecule has 1 aromatic carbocycles. The molecule has 1 aromatic rings. The van der Waals surface area contributed by atoms with E-state index in [1.807, 2.05) is 25.1 Å². The van der Waals surface area contributed by atoms with Gasteiger partial charge in [0.2, 0.25) is 0 Å². The van der Waals surface area contributed by atoms with E-state index in [0.717, 1.165) is 31.2 Å². The molecule has 17 heavy (non-hydrogen) atoms. The SMILES string of the molecule is CCCCC(CC)C(=O)c1ccc(C)cc1Cl. The van der Waals surface area contributed by atoms with Crippen LogP contribution in [0.4, 0.5) is 0 Å². The van der Waals surface area contributed by atoms with Crippen LogP contribution in [0, 0.1) is 12.8 Å². The van der Waals surface area contributed by atoms with Crippen molar-refractivity contribution in [3.63, 3.8) is 0 Å². The molecule has 94 valence electrons. The minimum Gasteiger partial charge on any atom is -0.294 e.